The van der Waals surface area contributed by atoms with E-state index in [1.54, 1.807) is 6.20 Å². The summed E-state index contributed by atoms with van der Waals surface area (Å²) < 4.78 is 6.06. The van der Waals surface area contributed by atoms with Crippen LogP contribution in [-0.2, 0) is 13.0 Å². The maximum absolute atomic E-state index is 6.06. The number of ether oxygens (including phenoxy) is 1. The van der Waals surface area contributed by atoms with Gasteiger partial charge in [-0.05, 0) is 48.7 Å². The number of hydrogen-bond acceptors (Lipinski definition) is 3. The van der Waals surface area contributed by atoms with E-state index in [0.29, 0.717) is 6.04 Å². The number of aromatic nitrogens is 2. The first kappa shape index (κ1) is 12.4. The highest BCUT2D eigenvalue weighted by molar-refractivity contribution is 5.82. The van der Waals surface area contributed by atoms with Crippen molar-refractivity contribution in [2.45, 2.75) is 25.9 Å². The van der Waals surface area contributed by atoms with Crippen LogP contribution in [0.2, 0.25) is 0 Å². The van der Waals surface area contributed by atoms with Crippen molar-refractivity contribution in [2.24, 2.45) is 0 Å². The van der Waals surface area contributed by atoms with Gasteiger partial charge in [0, 0.05) is 25.0 Å². The standard InChI is InChI=1S/C17H17N3O/c1-11-8-12-2-3-14(9-13(12)10-20-11)21-16-5-7-19-17-15(16)4-6-18-17/h2-7,9,11,20H,8,10H2,1H3,(H,18,19). The third-order valence-corrected chi connectivity index (χ3v) is 3.99. The lowest BCUT2D eigenvalue weighted by Crippen LogP contribution is -2.32. The number of nitrogens with one attached hydrogen (secondary N) is 2. The second-order valence-electron chi connectivity index (χ2n) is 5.57. The molecule has 1 atom stereocenters. The van der Waals surface area contributed by atoms with Crippen molar-refractivity contribution in [3.8, 4) is 11.5 Å². The monoisotopic (exact) mass is 279 g/mol. The molecule has 21 heavy (non-hydrogen) atoms. The van der Waals surface area contributed by atoms with Crippen LogP contribution in [0.15, 0.2) is 42.7 Å². The quantitative estimate of drug-likeness (QED) is 0.756. The number of aromatic amines is 1. The van der Waals surface area contributed by atoms with Crippen LogP contribution in [-0.4, -0.2) is 16.0 Å². The van der Waals surface area contributed by atoms with E-state index < -0.39 is 0 Å². The van der Waals surface area contributed by atoms with E-state index in [-0.39, 0.29) is 0 Å². The Balaban J connectivity index is 1.67. The van der Waals surface area contributed by atoms with Crippen molar-refractivity contribution in [1.29, 1.82) is 0 Å². The van der Waals surface area contributed by atoms with Gasteiger partial charge >= 0.3 is 0 Å². The van der Waals surface area contributed by atoms with E-state index in [1.165, 1.54) is 11.1 Å². The molecule has 1 aliphatic rings. The summed E-state index contributed by atoms with van der Waals surface area (Å²) in [5.74, 6) is 1.71. The summed E-state index contributed by atoms with van der Waals surface area (Å²) in [6.07, 6.45) is 4.71. The molecule has 3 heterocycles. The number of rotatable bonds is 2. The van der Waals surface area contributed by atoms with E-state index in [2.05, 4.69) is 40.4 Å². The number of benzene rings is 1. The van der Waals surface area contributed by atoms with Gasteiger partial charge in [0.15, 0.2) is 0 Å². The van der Waals surface area contributed by atoms with Crippen LogP contribution in [0.4, 0.5) is 0 Å². The SMILES string of the molecule is CC1Cc2ccc(Oc3ccnc4[nH]ccc34)cc2CN1. The van der Waals surface area contributed by atoms with Gasteiger partial charge in [0.1, 0.15) is 17.1 Å². The van der Waals surface area contributed by atoms with Gasteiger partial charge in [-0.15, -0.1) is 0 Å². The highest BCUT2D eigenvalue weighted by Gasteiger charge is 2.15. The number of H-pyrrole nitrogens is 1. The lowest BCUT2D eigenvalue weighted by molar-refractivity contribution is 0.479. The number of hydrogen-bond donors (Lipinski definition) is 2. The molecule has 4 nitrogen and oxygen atoms in total. The molecule has 2 N–H and O–H groups in total. The first-order valence-electron chi connectivity index (χ1n) is 7.25. The predicted molar refractivity (Wildman–Crippen MR) is 82.6 cm³/mol. The molecule has 1 unspecified atom stereocenters. The lowest BCUT2D eigenvalue weighted by Gasteiger charge is -2.23. The van der Waals surface area contributed by atoms with E-state index in [1.807, 2.05) is 18.3 Å². The predicted octanol–water partition coefficient (Wildman–Crippen LogP) is 3.39. The maximum Gasteiger partial charge on any atom is 0.140 e. The molecule has 1 aliphatic heterocycles. The van der Waals surface area contributed by atoms with E-state index in [0.717, 1.165) is 35.5 Å². The fraction of sp³-hybridized carbons (Fsp3) is 0.235. The Bertz CT molecular complexity index is 794. The van der Waals surface area contributed by atoms with Crippen molar-refractivity contribution in [2.75, 3.05) is 0 Å². The van der Waals surface area contributed by atoms with Crippen molar-refractivity contribution in [3.05, 3.63) is 53.9 Å². The normalized spacial score (nSPS) is 17.7. The largest absolute Gasteiger partial charge is 0.457 e. The topological polar surface area (TPSA) is 49.9 Å². The van der Waals surface area contributed by atoms with Gasteiger partial charge in [-0.25, -0.2) is 4.98 Å². The van der Waals surface area contributed by atoms with Crippen LogP contribution in [0.5, 0.6) is 11.5 Å². The third-order valence-electron chi connectivity index (χ3n) is 3.99. The summed E-state index contributed by atoms with van der Waals surface area (Å²) in [5.41, 5.74) is 3.58. The lowest BCUT2D eigenvalue weighted by atomic mass is 9.96. The molecule has 1 aromatic carbocycles. The smallest absolute Gasteiger partial charge is 0.140 e. The molecule has 0 aliphatic carbocycles. The van der Waals surface area contributed by atoms with Crippen molar-refractivity contribution < 1.29 is 4.74 Å². The molecule has 0 saturated heterocycles. The Morgan fingerprint density at radius 3 is 3.10 bits per heavy atom. The average molecular weight is 279 g/mol. The van der Waals surface area contributed by atoms with Crippen LogP contribution >= 0.6 is 0 Å². The first-order chi connectivity index (χ1) is 10.3. The zero-order valence-electron chi connectivity index (χ0n) is 11.9. The summed E-state index contributed by atoms with van der Waals surface area (Å²) >= 11 is 0. The van der Waals surface area contributed by atoms with E-state index in [9.17, 15) is 0 Å². The van der Waals surface area contributed by atoms with Gasteiger partial charge in [-0.1, -0.05) is 6.07 Å². The molecule has 0 fully saturated rings. The van der Waals surface area contributed by atoms with Gasteiger partial charge in [0.2, 0.25) is 0 Å². The molecular formula is C17H17N3O. The van der Waals surface area contributed by atoms with Crippen molar-refractivity contribution in [3.63, 3.8) is 0 Å². The average Bonchev–Trinajstić information content (AvgIpc) is 2.97. The molecule has 0 radical (unpaired) electrons. The van der Waals surface area contributed by atoms with Crippen LogP contribution in [0, 0.1) is 0 Å². The summed E-state index contributed by atoms with van der Waals surface area (Å²) in [6, 6.07) is 10.8. The molecule has 0 bridgehead atoms. The van der Waals surface area contributed by atoms with E-state index >= 15 is 0 Å². The molecule has 4 heteroatoms. The Hall–Kier alpha value is -2.33. The van der Waals surface area contributed by atoms with Crippen molar-refractivity contribution >= 4 is 11.0 Å². The fourth-order valence-electron chi connectivity index (χ4n) is 2.87. The van der Waals surface area contributed by atoms with Gasteiger partial charge in [-0.2, -0.15) is 0 Å². The highest BCUT2D eigenvalue weighted by atomic mass is 16.5. The van der Waals surface area contributed by atoms with Crippen LogP contribution in [0.1, 0.15) is 18.1 Å². The van der Waals surface area contributed by atoms with Gasteiger partial charge in [-0.3, -0.25) is 0 Å². The molecule has 106 valence electrons. The summed E-state index contributed by atoms with van der Waals surface area (Å²) in [4.78, 5) is 7.38. The van der Waals surface area contributed by atoms with Gasteiger partial charge in [0.05, 0.1) is 5.39 Å². The van der Waals surface area contributed by atoms with Crippen LogP contribution in [0.3, 0.4) is 0 Å². The first-order valence-corrected chi connectivity index (χ1v) is 7.25. The van der Waals surface area contributed by atoms with Gasteiger partial charge < -0.3 is 15.0 Å². The second kappa shape index (κ2) is 4.90. The third kappa shape index (κ3) is 2.28. The Kier molecular flexibility index (Phi) is 2.89. The second-order valence-corrected chi connectivity index (χ2v) is 5.57. The van der Waals surface area contributed by atoms with Crippen molar-refractivity contribution in [1.82, 2.24) is 15.3 Å². The minimum absolute atomic E-state index is 0.545. The Morgan fingerprint density at radius 2 is 2.14 bits per heavy atom. The zero-order valence-corrected chi connectivity index (χ0v) is 11.9. The Labute approximate surface area is 123 Å². The molecule has 2 aromatic heterocycles. The number of pyridine rings is 1. The van der Waals surface area contributed by atoms with Crippen LogP contribution in [0.25, 0.3) is 11.0 Å². The number of fused-ring (bicyclic) bond motifs is 2. The number of nitrogens with zero attached hydrogens (tertiary/aromatic N) is 1. The molecule has 0 amide bonds. The summed E-state index contributed by atoms with van der Waals surface area (Å²) in [7, 11) is 0. The van der Waals surface area contributed by atoms with E-state index in [4.69, 9.17) is 4.74 Å². The minimum atomic E-state index is 0.545. The van der Waals surface area contributed by atoms with Gasteiger partial charge in [0.25, 0.3) is 0 Å². The molecular weight excluding hydrogens is 262 g/mol. The summed E-state index contributed by atoms with van der Waals surface area (Å²) in [5, 5.41) is 4.49. The molecule has 4 rings (SSSR count). The fourth-order valence-corrected chi connectivity index (χ4v) is 2.87. The molecule has 0 saturated carbocycles. The molecule has 3 aromatic rings. The minimum Gasteiger partial charge on any atom is -0.457 e. The Morgan fingerprint density at radius 1 is 1.19 bits per heavy atom. The zero-order chi connectivity index (χ0) is 14.2. The maximum atomic E-state index is 6.06. The highest BCUT2D eigenvalue weighted by Crippen LogP contribution is 2.30. The summed E-state index contributed by atoms with van der Waals surface area (Å²) in [6.45, 7) is 3.12. The molecule has 0 spiro atoms. The van der Waals surface area contributed by atoms with Crippen LogP contribution < -0.4 is 10.1 Å².